The molecule has 0 aliphatic rings. The van der Waals surface area contributed by atoms with Crippen molar-refractivity contribution in [3.63, 3.8) is 0 Å². The normalized spacial score (nSPS) is 13.1. The van der Waals surface area contributed by atoms with E-state index >= 15 is 0 Å². The van der Waals surface area contributed by atoms with Gasteiger partial charge in [-0.05, 0) is 70.7 Å². The van der Waals surface area contributed by atoms with E-state index in [0.717, 1.165) is 16.7 Å². The van der Waals surface area contributed by atoms with Gasteiger partial charge in [-0.3, -0.25) is 0 Å². The first-order valence-electron chi connectivity index (χ1n) is 11.6. The number of carbonyl (C=O) groups excluding carboxylic acids is 2. The number of nitrogens with one attached hydrogen (secondary N) is 1. The summed E-state index contributed by atoms with van der Waals surface area (Å²) in [5, 5.41) is 2.62. The molecule has 2 rings (SSSR count). The van der Waals surface area contributed by atoms with E-state index in [9.17, 15) is 18.0 Å². The monoisotopic (exact) mass is 503 g/mol. The van der Waals surface area contributed by atoms with Crippen molar-refractivity contribution in [2.75, 3.05) is 0 Å². The van der Waals surface area contributed by atoms with Crippen LogP contribution in [0.25, 0.3) is 0 Å². The number of rotatable bonds is 8. The van der Waals surface area contributed by atoms with Crippen LogP contribution < -0.4 is 5.32 Å². The summed E-state index contributed by atoms with van der Waals surface area (Å²) in [5.41, 5.74) is 1.48. The minimum absolute atomic E-state index is 0.0578. The summed E-state index contributed by atoms with van der Waals surface area (Å²) in [6.07, 6.45) is -0.598. The SMILES string of the molecule is Cc1ccc(CS(=O)(=O)Cc2ccccc2)cc1C[C@H](NC(=O)OC(C)(C)C)C(=O)OC(C)(C)C. The van der Waals surface area contributed by atoms with E-state index in [1.807, 2.05) is 31.2 Å². The lowest BCUT2D eigenvalue weighted by Gasteiger charge is -2.26. The number of hydrogen-bond acceptors (Lipinski definition) is 6. The van der Waals surface area contributed by atoms with Crippen molar-refractivity contribution in [1.82, 2.24) is 5.32 Å². The van der Waals surface area contributed by atoms with E-state index < -0.39 is 39.1 Å². The molecule has 0 aliphatic heterocycles. The number of alkyl carbamates (subject to hydrolysis) is 1. The van der Waals surface area contributed by atoms with Crippen molar-refractivity contribution in [2.45, 2.75) is 83.6 Å². The first-order valence-corrected chi connectivity index (χ1v) is 13.4. The molecule has 0 bridgehead atoms. The highest BCUT2D eigenvalue weighted by atomic mass is 32.2. The Labute approximate surface area is 209 Å². The number of hydrogen-bond donors (Lipinski definition) is 1. The molecule has 0 aliphatic carbocycles. The Hall–Kier alpha value is -2.87. The van der Waals surface area contributed by atoms with E-state index in [1.54, 1.807) is 65.8 Å². The predicted octanol–water partition coefficient (Wildman–Crippen LogP) is 4.89. The lowest BCUT2D eigenvalue weighted by atomic mass is 9.98. The summed E-state index contributed by atoms with van der Waals surface area (Å²) in [4.78, 5) is 25.3. The number of sulfone groups is 1. The van der Waals surface area contributed by atoms with Crippen LogP contribution in [0.4, 0.5) is 4.79 Å². The molecule has 8 heteroatoms. The van der Waals surface area contributed by atoms with Crippen LogP contribution in [0.3, 0.4) is 0 Å². The molecule has 2 aromatic carbocycles. The zero-order chi connectivity index (χ0) is 26.4. The highest BCUT2D eigenvalue weighted by molar-refractivity contribution is 7.89. The fourth-order valence-electron chi connectivity index (χ4n) is 3.40. The first kappa shape index (κ1) is 28.4. The number of aryl methyl sites for hydroxylation is 1. The molecule has 0 saturated carbocycles. The van der Waals surface area contributed by atoms with Gasteiger partial charge in [-0.2, -0.15) is 0 Å². The van der Waals surface area contributed by atoms with Crippen LogP contribution >= 0.6 is 0 Å². The number of ether oxygens (including phenoxy) is 2. The van der Waals surface area contributed by atoms with Gasteiger partial charge in [0.15, 0.2) is 9.84 Å². The van der Waals surface area contributed by atoms with Crippen LogP contribution in [0.15, 0.2) is 48.5 Å². The van der Waals surface area contributed by atoms with Gasteiger partial charge in [-0.1, -0.05) is 48.5 Å². The summed E-state index contributed by atoms with van der Waals surface area (Å²) in [6.45, 7) is 12.3. The van der Waals surface area contributed by atoms with E-state index in [-0.39, 0.29) is 17.9 Å². The molecule has 1 N–H and O–H groups in total. The van der Waals surface area contributed by atoms with Gasteiger partial charge in [0.1, 0.15) is 17.2 Å². The van der Waals surface area contributed by atoms with Crippen molar-refractivity contribution < 1.29 is 27.5 Å². The predicted molar refractivity (Wildman–Crippen MR) is 137 cm³/mol. The fourth-order valence-corrected chi connectivity index (χ4v) is 4.89. The average molecular weight is 504 g/mol. The maximum atomic E-state index is 12.9. The Bertz CT molecular complexity index is 1130. The van der Waals surface area contributed by atoms with Crippen LogP contribution in [-0.2, 0) is 42.0 Å². The number of esters is 1. The van der Waals surface area contributed by atoms with Crippen molar-refractivity contribution >= 4 is 21.9 Å². The van der Waals surface area contributed by atoms with Crippen LogP contribution in [0.1, 0.15) is 63.8 Å². The lowest BCUT2D eigenvalue weighted by Crippen LogP contribution is -2.47. The summed E-state index contributed by atoms with van der Waals surface area (Å²) in [6, 6.07) is 13.4. The van der Waals surface area contributed by atoms with Gasteiger partial charge in [0, 0.05) is 6.42 Å². The maximum Gasteiger partial charge on any atom is 0.408 e. The summed E-state index contributed by atoms with van der Waals surface area (Å²) in [7, 11) is -3.41. The minimum atomic E-state index is -3.41. The van der Waals surface area contributed by atoms with Gasteiger partial charge in [0.2, 0.25) is 0 Å². The molecule has 2 aromatic rings. The highest BCUT2D eigenvalue weighted by Gasteiger charge is 2.29. The van der Waals surface area contributed by atoms with Gasteiger partial charge in [0.25, 0.3) is 0 Å². The minimum Gasteiger partial charge on any atom is -0.458 e. The second-order valence-corrected chi connectivity index (χ2v) is 12.8. The maximum absolute atomic E-state index is 12.9. The molecule has 0 spiro atoms. The average Bonchev–Trinajstić information content (AvgIpc) is 2.67. The largest absolute Gasteiger partial charge is 0.458 e. The Morgan fingerprint density at radius 3 is 2.00 bits per heavy atom. The number of amides is 1. The van der Waals surface area contributed by atoms with E-state index in [2.05, 4.69) is 5.32 Å². The quantitative estimate of drug-likeness (QED) is 0.515. The zero-order valence-corrected chi connectivity index (χ0v) is 22.5. The smallest absolute Gasteiger partial charge is 0.408 e. The van der Waals surface area contributed by atoms with Crippen molar-refractivity contribution in [2.24, 2.45) is 0 Å². The third-order valence-corrected chi connectivity index (χ3v) is 6.38. The molecule has 1 amide bonds. The first-order chi connectivity index (χ1) is 16.0. The van der Waals surface area contributed by atoms with Crippen LogP contribution in [0, 0.1) is 6.92 Å². The standard InChI is InChI=1S/C27H37NO6S/c1-19-13-14-21(18-35(31,32)17-20-11-9-8-10-12-20)15-22(19)16-23(24(29)33-26(2,3)4)28-25(30)34-27(5,6)7/h8-15,23H,16-18H2,1-7H3,(H,28,30)/t23-/m0/s1. The molecule has 1 atom stereocenters. The van der Waals surface area contributed by atoms with Crippen LogP contribution in [-0.4, -0.2) is 37.7 Å². The highest BCUT2D eigenvalue weighted by Crippen LogP contribution is 2.19. The van der Waals surface area contributed by atoms with E-state index in [1.165, 1.54) is 0 Å². The molecular formula is C27H37NO6S. The van der Waals surface area contributed by atoms with Crippen LogP contribution in [0.5, 0.6) is 0 Å². The molecule has 0 unspecified atom stereocenters. The van der Waals surface area contributed by atoms with E-state index in [4.69, 9.17) is 9.47 Å². The number of carbonyl (C=O) groups is 2. The van der Waals surface area contributed by atoms with Gasteiger partial charge in [0.05, 0.1) is 11.5 Å². The van der Waals surface area contributed by atoms with Gasteiger partial charge >= 0.3 is 12.1 Å². The van der Waals surface area contributed by atoms with Crippen molar-refractivity contribution in [3.8, 4) is 0 Å². The Kier molecular flexibility index (Phi) is 9.11. The Morgan fingerprint density at radius 1 is 0.857 bits per heavy atom. The van der Waals surface area contributed by atoms with Gasteiger partial charge in [-0.15, -0.1) is 0 Å². The molecule has 192 valence electrons. The second kappa shape index (κ2) is 11.2. The Morgan fingerprint density at radius 2 is 1.43 bits per heavy atom. The van der Waals surface area contributed by atoms with Gasteiger partial charge < -0.3 is 14.8 Å². The summed E-state index contributed by atoms with van der Waals surface area (Å²) in [5.74, 6) is -0.784. The topological polar surface area (TPSA) is 98.8 Å². The van der Waals surface area contributed by atoms with E-state index in [0.29, 0.717) is 5.56 Å². The molecular weight excluding hydrogens is 466 g/mol. The molecule has 0 heterocycles. The molecule has 0 radical (unpaired) electrons. The molecule has 0 aromatic heterocycles. The fraction of sp³-hybridized carbons (Fsp3) is 0.481. The van der Waals surface area contributed by atoms with Crippen molar-refractivity contribution in [1.29, 1.82) is 0 Å². The molecule has 35 heavy (non-hydrogen) atoms. The zero-order valence-electron chi connectivity index (χ0n) is 21.7. The summed E-state index contributed by atoms with van der Waals surface area (Å²) >= 11 is 0. The third-order valence-electron chi connectivity index (χ3n) is 4.84. The van der Waals surface area contributed by atoms with Crippen molar-refractivity contribution in [3.05, 3.63) is 70.8 Å². The lowest BCUT2D eigenvalue weighted by molar-refractivity contribution is -0.157. The third kappa shape index (κ3) is 10.5. The molecule has 0 fully saturated rings. The second-order valence-electron chi connectivity index (χ2n) is 10.7. The molecule has 0 saturated heterocycles. The Balaban J connectivity index is 2.25. The van der Waals surface area contributed by atoms with Crippen LogP contribution in [0.2, 0.25) is 0 Å². The summed E-state index contributed by atoms with van der Waals surface area (Å²) < 4.78 is 36.4. The number of benzene rings is 2. The molecule has 7 nitrogen and oxygen atoms in total. The van der Waals surface area contributed by atoms with Gasteiger partial charge in [-0.25, -0.2) is 18.0 Å².